The van der Waals surface area contributed by atoms with Gasteiger partial charge in [0.05, 0.1) is 11.3 Å². The van der Waals surface area contributed by atoms with E-state index in [4.69, 9.17) is 0 Å². The molecule has 0 heterocycles. The first-order valence-corrected chi connectivity index (χ1v) is 3.08. The van der Waals surface area contributed by atoms with Crippen LogP contribution in [0, 0.1) is 0 Å². The normalized spacial score (nSPS) is 11.3. The van der Waals surface area contributed by atoms with Gasteiger partial charge in [0.15, 0.2) is 0 Å². The predicted molar refractivity (Wildman–Crippen MR) is 36.2 cm³/mol. The molecule has 0 amide bonds. The van der Waals surface area contributed by atoms with E-state index in [1.165, 1.54) is 5.54 Å². The quantitative estimate of drug-likeness (QED) is 0.516. The first kappa shape index (κ1) is 8.83. The zero-order valence-corrected chi connectivity index (χ0v) is 5.82. The maximum atomic E-state index is 11.9. The van der Waals surface area contributed by atoms with E-state index in [1.807, 2.05) is 0 Å². The summed E-state index contributed by atoms with van der Waals surface area (Å²) in [5.41, 5.74) is 0.451. The van der Waals surface area contributed by atoms with Crippen molar-refractivity contribution in [2.75, 3.05) is 5.54 Å². The van der Waals surface area contributed by atoms with Gasteiger partial charge in [0.1, 0.15) is 0 Å². The van der Waals surface area contributed by atoms with E-state index < -0.39 is 11.7 Å². The number of alkyl halides is 3. The van der Waals surface area contributed by atoms with Crippen LogP contribution in [0.5, 0.6) is 0 Å². The van der Waals surface area contributed by atoms with Crippen LogP contribution in [0.25, 0.3) is 0 Å². The maximum absolute atomic E-state index is 11.9. The van der Waals surface area contributed by atoms with Gasteiger partial charge < -0.3 is 0 Å². The molecule has 0 aliphatic rings. The second kappa shape index (κ2) is 3.00. The summed E-state index contributed by atoms with van der Waals surface area (Å²) in [4.78, 5) is 0. The van der Waals surface area contributed by atoms with Crippen LogP contribution in [-0.4, -0.2) is 0 Å². The zero-order chi connectivity index (χ0) is 9.19. The lowest BCUT2D eigenvalue weighted by atomic mass is 10.2. The van der Waals surface area contributed by atoms with Gasteiger partial charge in [-0.15, -0.1) is 4.48 Å². The van der Waals surface area contributed by atoms with Crippen LogP contribution >= 0.6 is 0 Å². The molecule has 0 atom stereocenters. The van der Waals surface area contributed by atoms with Crippen LogP contribution in [0.15, 0.2) is 24.3 Å². The molecule has 0 bridgehead atoms. The Bertz CT molecular complexity index is 251. The number of anilines is 1. The molecule has 0 aliphatic carbocycles. The molecule has 0 spiro atoms. The summed E-state index contributed by atoms with van der Waals surface area (Å²) in [7, 11) is 0. The van der Waals surface area contributed by atoms with Gasteiger partial charge in [-0.2, -0.15) is 13.2 Å². The van der Waals surface area contributed by atoms with E-state index in [1.54, 1.807) is 0 Å². The summed E-state index contributed by atoms with van der Waals surface area (Å²) < 4.78 is 47.4. The number of rotatable bonds is 1. The molecule has 0 fully saturated rings. The van der Waals surface area contributed by atoms with Gasteiger partial charge in [-0.1, -0.05) is 0 Å². The molecule has 0 saturated heterocycles. The standard InChI is InChI=1S/C7H5F4N/c8-7(9,10)5-1-3-6(12-11)4-2-5/h1-4,12H. The SMILES string of the molecule is FNc1ccc(C(F)(F)F)cc1. The van der Waals surface area contributed by atoms with Crippen molar-refractivity contribution in [2.24, 2.45) is 0 Å². The predicted octanol–water partition coefficient (Wildman–Crippen LogP) is 3.00. The molecule has 0 unspecified atom stereocenters. The molecule has 66 valence electrons. The van der Waals surface area contributed by atoms with Crippen molar-refractivity contribution in [2.45, 2.75) is 6.18 Å². The molecule has 1 nitrogen and oxygen atoms in total. The zero-order valence-electron chi connectivity index (χ0n) is 5.82. The monoisotopic (exact) mass is 179 g/mol. The molecule has 0 aliphatic heterocycles. The minimum atomic E-state index is -4.37. The van der Waals surface area contributed by atoms with Crippen molar-refractivity contribution < 1.29 is 17.7 Å². The lowest BCUT2D eigenvalue weighted by Crippen LogP contribution is -2.04. The summed E-state index contributed by atoms with van der Waals surface area (Å²) in [6, 6.07) is 3.65. The highest BCUT2D eigenvalue weighted by Gasteiger charge is 2.29. The first-order chi connectivity index (χ1) is 5.54. The Balaban J connectivity index is 2.93. The Morgan fingerprint density at radius 2 is 1.50 bits per heavy atom. The molecule has 0 radical (unpaired) electrons. The Morgan fingerprint density at radius 1 is 1.00 bits per heavy atom. The summed E-state index contributed by atoms with van der Waals surface area (Å²) in [5.74, 6) is 0. The molecule has 12 heavy (non-hydrogen) atoms. The van der Waals surface area contributed by atoms with E-state index in [0.29, 0.717) is 0 Å². The lowest BCUT2D eigenvalue weighted by molar-refractivity contribution is -0.137. The number of hydrogen-bond donors (Lipinski definition) is 1. The summed E-state index contributed by atoms with van der Waals surface area (Å²) in [5, 5.41) is 0. The number of benzene rings is 1. The molecule has 0 aromatic heterocycles. The minimum absolute atomic E-state index is 0.00278. The molecule has 1 rings (SSSR count). The van der Waals surface area contributed by atoms with Gasteiger partial charge >= 0.3 is 6.18 Å². The van der Waals surface area contributed by atoms with Crippen molar-refractivity contribution in [3.05, 3.63) is 29.8 Å². The molecule has 1 aromatic carbocycles. The third-order valence-corrected chi connectivity index (χ3v) is 1.32. The maximum Gasteiger partial charge on any atom is 0.416 e. The number of hydrogen-bond acceptors (Lipinski definition) is 1. The van der Waals surface area contributed by atoms with Crippen LogP contribution in [0.1, 0.15) is 5.56 Å². The fraction of sp³-hybridized carbons (Fsp3) is 0.143. The average molecular weight is 179 g/mol. The molecular weight excluding hydrogens is 174 g/mol. The van der Waals surface area contributed by atoms with Gasteiger partial charge in [-0.05, 0) is 24.3 Å². The van der Waals surface area contributed by atoms with E-state index in [-0.39, 0.29) is 5.69 Å². The van der Waals surface area contributed by atoms with E-state index in [2.05, 4.69) is 0 Å². The fourth-order valence-electron chi connectivity index (χ4n) is 0.722. The van der Waals surface area contributed by atoms with Crippen molar-refractivity contribution in [1.82, 2.24) is 0 Å². The van der Waals surface area contributed by atoms with Crippen LogP contribution in [0.4, 0.5) is 23.3 Å². The van der Waals surface area contributed by atoms with E-state index >= 15 is 0 Å². The summed E-state index contributed by atoms with van der Waals surface area (Å²) in [6.07, 6.45) is -4.37. The lowest BCUT2D eigenvalue weighted by Gasteiger charge is -2.05. The number of halogens is 4. The Kier molecular flexibility index (Phi) is 2.21. The fourth-order valence-corrected chi connectivity index (χ4v) is 0.722. The van der Waals surface area contributed by atoms with Gasteiger partial charge in [-0.25, -0.2) is 5.54 Å². The first-order valence-electron chi connectivity index (χ1n) is 3.08. The van der Waals surface area contributed by atoms with Crippen LogP contribution in [0.3, 0.4) is 0 Å². The van der Waals surface area contributed by atoms with Gasteiger partial charge in [0.2, 0.25) is 0 Å². The third kappa shape index (κ3) is 1.87. The van der Waals surface area contributed by atoms with Crippen LogP contribution in [-0.2, 0) is 6.18 Å². The Hall–Kier alpha value is -1.26. The molecule has 1 aromatic rings. The van der Waals surface area contributed by atoms with Crippen molar-refractivity contribution in [3.8, 4) is 0 Å². The number of nitrogens with one attached hydrogen (secondary N) is 1. The summed E-state index contributed by atoms with van der Waals surface area (Å²) in [6.45, 7) is 0. The third-order valence-electron chi connectivity index (χ3n) is 1.32. The highest BCUT2D eigenvalue weighted by Crippen LogP contribution is 2.29. The Labute approximate surface area is 65.9 Å². The minimum Gasteiger partial charge on any atom is -0.225 e. The van der Waals surface area contributed by atoms with Crippen LogP contribution in [0.2, 0.25) is 0 Å². The van der Waals surface area contributed by atoms with Gasteiger partial charge in [-0.3, -0.25) is 0 Å². The van der Waals surface area contributed by atoms with Crippen molar-refractivity contribution in [1.29, 1.82) is 0 Å². The molecule has 0 saturated carbocycles. The second-order valence-electron chi connectivity index (χ2n) is 2.17. The van der Waals surface area contributed by atoms with Gasteiger partial charge in [0, 0.05) is 0 Å². The topological polar surface area (TPSA) is 12.0 Å². The largest absolute Gasteiger partial charge is 0.416 e. The van der Waals surface area contributed by atoms with Crippen molar-refractivity contribution >= 4 is 5.69 Å². The van der Waals surface area contributed by atoms with E-state index in [9.17, 15) is 17.7 Å². The Morgan fingerprint density at radius 3 is 1.83 bits per heavy atom. The summed E-state index contributed by atoms with van der Waals surface area (Å²) >= 11 is 0. The highest BCUT2D eigenvalue weighted by molar-refractivity contribution is 5.42. The van der Waals surface area contributed by atoms with Crippen molar-refractivity contribution in [3.63, 3.8) is 0 Å². The second-order valence-corrected chi connectivity index (χ2v) is 2.17. The molecule has 5 heteroatoms. The highest BCUT2D eigenvalue weighted by atomic mass is 19.4. The molecule has 1 N–H and O–H groups in total. The molecular formula is C7H5F4N. The average Bonchev–Trinajstić information content (AvgIpc) is 2.03. The van der Waals surface area contributed by atoms with Crippen LogP contribution < -0.4 is 5.54 Å². The van der Waals surface area contributed by atoms with Gasteiger partial charge in [0.25, 0.3) is 0 Å². The smallest absolute Gasteiger partial charge is 0.225 e. The van der Waals surface area contributed by atoms with E-state index in [0.717, 1.165) is 24.3 Å².